The van der Waals surface area contributed by atoms with Crippen molar-refractivity contribution in [3.8, 4) is 11.1 Å². The van der Waals surface area contributed by atoms with Gasteiger partial charge in [-0.05, 0) is 71.2 Å². The van der Waals surface area contributed by atoms with Gasteiger partial charge in [0.1, 0.15) is 6.04 Å². The van der Waals surface area contributed by atoms with Crippen molar-refractivity contribution in [2.45, 2.75) is 32.6 Å². The summed E-state index contributed by atoms with van der Waals surface area (Å²) in [4.78, 5) is 25.9. The number of hydrogen-bond donors (Lipinski definition) is 2. The van der Waals surface area contributed by atoms with Crippen molar-refractivity contribution in [1.29, 1.82) is 0 Å². The van der Waals surface area contributed by atoms with Gasteiger partial charge < -0.3 is 15.2 Å². The molecule has 0 aliphatic rings. The van der Waals surface area contributed by atoms with Crippen molar-refractivity contribution in [2.24, 2.45) is 0 Å². The number of rotatable bonds is 11. The van der Waals surface area contributed by atoms with Crippen molar-refractivity contribution in [1.82, 2.24) is 5.32 Å². The molecule has 0 saturated heterocycles. The van der Waals surface area contributed by atoms with E-state index in [2.05, 4.69) is 5.32 Å². The summed E-state index contributed by atoms with van der Waals surface area (Å²) < 4.78 is 5.86. The van der Waals surface area contributed by atoms with Gasteiger partial charge in [-0.15, -0.1) is 11.3 Å². The molecule has 0 aliphatic heterocycles. The molecule has 0 aliphatic carbocycles. The number of hydrogen-bond acceptors (Lipinski definition) is 5. The maximum atomic E-state index is 13.1. The normalized spacial score (nSPS) is 11.5. The largest absolute Gasteiger partial charge is 0.480 e. The van der Waals surface area contributed by atoms with Gasteiger partial charge in [-0.25, -0.2) is 4.79 Å². The molecular weight excluding hydrogens is 449 g/mol. The Kier molecular flexibility index (Phi) is 11.3. The quantitative estimate of drug-likeness (QED) is 0.381. The van der Waals surface area contributed by atoms with Crippen LogP contribution >= 0.6 is 23.1 Å². The molecule has 0 saturated carbocycles. The van der Waals surface area contributed by atoms with E-state index in [9.17, 15) is 14.7 Å². The molecule has 2 N–H and O–H groups in total. The van der Waals surface area contributed by atoms with Crippen LogP contribution in [0.5, 0.6) is 0 Å². The minimum Gasteiger partial charge on any atom is -0.480 e. The van der Waals surface area contributed by atoms with Gasteiger partial charge in [0.2, 0.25) is 0 Å². The smallest absolute Gasteiger partial charge is 0.326 e. The number of aryl methyl sites for hydroxylation is 1. The number of aliphatic carboxylic acids is 1. The van der Waals surface area contributed by atoms with Crippen LogP contribution < -0.4 is 5.32 Å². The zero-order chi connectivity index (χ0) is 22.9. The minimum absolute atomic E-state index is 0. The second-order valence-electron chi connectivity index (χ2n) is 7.41. The van der Waals surface area contributed by atoms with E-state index < -0.39 is 12.0 Å². The van der Waals surface area contributed by atoms with E-state index in [0.29, 0.717) is 31.0 Å². The molecule has 0 unspecified atom stereocenters. The van der Waals surface area contributed by atoms with Crippen molar-refractivity contribution in [2.75, 3.05) is 12.0 Å². The molecular formula is C25H27LiNO4S2. The molecule has 0 spiro atoms. The number of carboxylic acid groups (broad SMARTS) is 1. The third-order valence-corrected chi connectivity index (χ3v) is 6.56. The van der Waals surface area contributed by atoms with Crippen LogP contribution in [-0.4, -0.2) is 53.9 Å². The van der Waals surface area contributed by atoms with Crippen molar-refractivity contribution >= 4 is 53.8 Å². The molecule has 0 fully saturated rings. The fourth-order valence-corrected chi connectivity index (χ4v) is 4.48. The summed E-state index contributed by atoms with van der Waals surface area (Å²) in [5, 5.41) is 14.2. The maximum Gasteiger partial charge on any atom is 0.326 e. The number of benzene rings is 2. The Bertz CT molecular complexity index is 1060. The molecule has 169 valence electrons. The average molecular weight is 477 g/mol. The molecule has 1 atom stereocenters. The minimum atomic E-state index is -1.02. The number of thioether (sulfide) groups is 1. The molecule has 3 rings (SSSR count). The van der Waals surface area contributed by atoms with E-state index in [1.54, 1.807) is 29.2 Å². The molecule has 2 aromatic carbocycles. The summed E-state index contributed by atoms with van der Waals surface area (Å²) in [5.41, 5.74) is 4.15. The van der Waals surface area contributed by atoms with E-state index in [1.807, 2.05) is 67.1 Å². The summed E-state index contributed by atoms with van der Waals surface area (Å²) in [6.07, 6.45) is 2.28. The monoisotopic (exact) mass is 476 g/mol. The van der Waals surface area contributed by atoms with Crippen LogP contribution in [0.25, 0.3) is 11.1 Å². The van der Waals surface area contributed by atoms with Crippen LogP contribution in [0.1, 0.15) is 32.8 Å². The summed E-state index contributed by atoms with van der Waals surface area (Å²) in [5.74, 6) is -0.756. The van der Waals surface area contributed by atoms with Gasteiger partial charge in [0, 0.05) is 29.3 Å². The Labute approximate surface area is 215 Å². The van der Waals surface area contributed by atoms with Crippen molar-refractivity contribution in [3.63, 3.8) is 0 Å². The standard InChI is InChI=1S/C25H27NO4S2.Li/c1-17-6-3-4-8-20(17)22-14-18(15-30-16-19-7-5-12-32-19)9-10-21(22)24(27)26-23(25(28)29)11-13-31-2;/h3-10,12,14,23H,11,13,15-16H2,1-2H3,(H,26,27)(H,28,29);/t23-;/m0./s1. The molecule has 1 radical (unpaired) electrons. The molecule has 33 heavy (non-hydrogen) atoms. The maximum absolute atomic E-state index is 13.1. The Morgan fingerprint density at radius 2 is 1.88 bits per heavy atom. The summed E-state index contributed by atoms with van der Waals surface area (Å²) in [6.45, 7) is 2.95. The van der Waals surface area contributed by atoms with Gasteiger partial charge in [0.25, 0.3) is 5.91 Å². The number of nitrogens with one attached hydrogen (secondary N) is 1. The first kappa shape index (κ1) is 27.2. The van der Waals surface area contributed by atoms with E-state index in [0.717, 1.165) is 27.1 Å². The van der Waals surface area contributed by atoms with Crippen LogP contribution in [0.3, 0.4) is 0 Å². The fourth-order valence-electron chi connectivity index (χ4n) is 3.37. The molecule has 3 aromatic rings. The summed E-state index contributed by atoms with van der Waals surface area (Å²) >= 11 is 3.21. The predicted octanol–water partition coefficient (Wildman–Crippen LogP) is 5.00. The molecule has 1 amide bonds. The van der Waals surface area contributed by atoms with Crippen LogP contribution in [0.15, 0.2) is 60.0 Å². The van der Waals surface area contributed by atoms with Crippen molar-refractivity contribution < 1.29 is 19.4 Å². The number of amides is 1. The third-order valence-electron chi connectivity index (χ3n) is 5.07. The van der Waals surface area contributed by atoms with Gasteiger partial charge in [-0.2, -0.15) is 11.8 Å². The summed E-state index contributed by atoms with van der Waals surface area (Å²) in [6, 6.07) is 16.5. The molecule has 1 aromatic heterocycles. The Morgan fingerprint density at radius 1 is 1.09 bits per heavy atom. The molecule has 5 nitrogen and oxygen atoms in total. The Hall–Kier alpha value is -2.01. The number of carbonyl (C=O) groups excluding carboxylic acids is 1. The Balaban J connectivity index is 0.00000385. The van der Waals surface area contributed by atoms with Gasteiger partial charge in [-0.3, -0.25) is 4.79 Å². The summed E-state index contributed by atoms with van der Waals surface area (Å²) in [7, 11) is 0. The fraction of sp³-hybridized carbons (Fsp3) is 0.280. The zero-order valence-corrected chi connectivity index (χ0v) is 20.8. The van der Waals surface area contributed by atoms with E-state index in [4.69, 9.17) is 4.74 Å². The third kappa shape index (κ3) is 7.77. The molecule has 0 bridgehead atoms. The number of carbonyl (C=O) groups is 2. The number of ether oxygens (including phenoxy) is 1. The van der Waals surface area contributed by atoms with Crippen LogP contribution in [0, 0.1) is 6.92 Å². The Morgan fingerprint density at radius 3 is 2.55 bits per heavy atom. The average Bonchev–Trinajstić information content (AvgIpc) is 3.30. The predicted molar refractivity (Wildman–Crippen MR) is 137 cm³/mol. The van der Waals surface area contributed by atoms with Crippen LogP contribution in [0.2, 0.25) is 0 Å². The first-order valence-electron chi connectivity index (χ1n) is 10.3. The SMILES string of the molecule is CSCC[C@H](NC(=O)c1ccc(COCc2cccs2)cc1-c1ccccc1C)C(=O)O.[Li]. The van der Waals surface area contributed by atoms with Gasteiger partial charge in [0.15, 0.2) is 0 Å². The van der Waals surface area contributed by atoms with E-state index in [1.165, 1.54) is 0 Å². The van der Waals surface area contributed by atoms with Gasteiger partial charge in [0.05, 0.1) is 13.2 Å². The second-order valence-corrected chi connectivity index (χ2v) is 9.43. The second kappa shape index (κ2) is 13.6. The van der Waals surface area contributed by atoms with Gasteiger partial charge >= 0.3 is 5.97 Å². The molecule has 8 heteroatoms. The van der Waals surface area contributed by atoms with Crippen LogP contribution in [0.4, 0.5) is 0 Å². The topological polar surface area (TPSA) is 75.6 Å². The zero-order valence-electron chi connectivity index (χ0n) is 19.2. The molecule has 1 heterocycles. The first-order valence-corrected chi connectivity index (χ1v) is 12.6. The van der Waals surface area contributed by atoms with Crippen molar-refractivity contribution in [3.05, 3.63) is 81.5 Å². The van der Waals surface area contributed by atoms with Gasteiger partial charge in [-0.1, -0.05) is 36.4 Å². The van der Waals surface area contributed by atoms with Crippen LogP contribution in [-0.2, 0) is 22.7 Å². The number of carboxylic acids is 1. The first-order chi connectivity index (χ1) is 15.5. The van der Waals surface area contributed by atoms with E-state index in [-0.39, 0.29) is 24.8 Å². The number of thiophene rings is 1. The van der Waals surface area contributed by atoms with E-state index >= 15 is 0 Å².